The number of methoxy groups -OCH3 is 1. The standard InChI is InChI=1S/C11H23NO/c1-10(12-2)11(13-3)8-6-4-5-7-9-11/h10,12H,4-9H2,1-3H3. The highest BCUT2D eigenvalue weighted by molar-refractivity contribution is 4.91. The lowest BCUT2D eigenvalue weighted by Gasteiger charge is -2.37. The molecular formula is C11H23NO. The van der Waals surface area contributed by atoms with Gasteiger partial charge in [0.1, 0.15) is 0 Å². The van der Waals surface area contributed by atoms with Crippen LogP contribution in [0.3, 0.4) is 0 Å². The summed E-state index contributed by atoms with van der Waals surface area (Å²) in [6, 6.07) is 0.468. The molecule has 0 aliphatic heterocycles. The van der Waals surface area contributed by atoms with Crippen LogP contribution in [0.4, 0.5) is 0 Å². The Kier molecular flexibility index (Phi) is 4.20. The summed E-state index contributed by atoms with van der Waals surface area (Å²) < 4.78 is 5.75. The lowest BCUT2D eigenvalue weighted by molar-refractivity contribution is -0.0463. The molecular weight excluding hydrogens is 162 g/mol. The van der Waals surface area contributed by atoms with E-state index in [9.17, 15) is 0 Å². The second-order valence-electron chi connectivity index (χ2n) is 4.19. The highest BCUT2D eigenvalue weighted by atomic mass is 16.5. The molecule has 1 saturated carbocycles. The molecule has 0 aromatic heterocycles. The molecule has 0 radical (unpaired) electrons. The predicted octanol–water partition coefficient (Wildman–Crippen LogP) is 2.33. The smallest absolute Gasteiger partial charge is 0.0828 e. The van der Waals surface area contributed by atoms with Crippen LogP contribution < -0.4 is 5.32 Å². The largest absolute Gasteiger partial charge is 0.377 e. The molecule has 1 aliphatic carbocycles. The lowest BCUT2D eigenvalue weighted by Crippen LogP contribution is -2.48. The molecule has 13 heavy (non-hydrogen) atoms. The minimum absolute atomic E-state index is 0.102. The Morgan fingerprint density at radius 3 is 2.08 bits per heavy atom. The van der Waals surface area contributed by atoms with Crippen LogP contribution in [-0.2, 0) is 4.74 Å². The molecule has 0 aromatic carbocycles. The van der Waals surface area contributed by atoms with Gasteiger partial charge < -0.3 is 10.1 Å². The van der Waals surface area contributed by atoms with Crippen LogP contribution in [0.5, 0.6) is 0 Å². The van der Waals surface area contributed by atoms with E-state index < -0.39 is 0 Å². The zero-order valence-corrected chi connectivity index (χ0v) is 9.23. The first-order valence-electron chi connectivity index (χ1n) is 5.47. The summed E-state index contributed by atoms with van der Waals surface area (Å²) >= 11 is 0. The highest BCUT2D eigenvalue weighted by Crippen LogP contribution is 2.32. The molecule has 1 fully saturated rings. The highest BCUT2D eigenvalue weighted by Gasteiger charge is 2.35. The minimum Gasteiger partial charge on any atom is -0.377 e. The van der Waals surface area contributed by atoms with Gasteiger partial charge in [-0.15, -0.1) is 0 Å². The van der Waals surface area contributed by atoms with Crippen molar-refractivity contribution in [1.29, 1.82) is 0 Å². The number of nitrogens with one attached hydrogen (secondary N) is 1. The maximum absolute atomic E-state index is 5.75. The van der Waals surface area contributed by atoms with E-state index in [4.69, 9.17) is 4.74 Å². The fraction of sp³-hybridized carbons (Fsp3) is 1.00. The monoisotopic (exact) mass is 185 g/mol. The Morgan fingerprint density at radius 2 is 1.69 bits per heavy atom. The lowest BCUT2D eigenvalue weighted by atomic mass is 9.87. The van der Waals surface area contributed by atoms with E-state index in [0.717, 1.165) is 0 Å². The van der Waals surface area contributed by atoms with Gasteiger partial charge >= 0.3 is 0 Å². The first-order valence-corrected chi connectivity index (χ1v) is 5.47. The Labute approximate surface area is 82.0 Å². The Balaban J connectivity index is 2.64. The second kappa shape index (κ2) is 4.97. The third-order valence-electron chi connectivity index (χ3n) is 3.58. The topological polar surface area (TPSA) is 21.3 Å². The van der Waals surface area contributed by atoms with Gasteiger partial charge in [0, 0.05) is 13.2 Å². The summed E-state index contributed by atoms with van der Waals surface area (Å²) in [5.74, 6) is 0. The Bertz CT molecular complexity index is 139. The van der Waals surface area contributed by atoms with Crippen molar-refractivity contribution in [3.8, 4) is 0 Å². The maximum Gasteiger partial charge on any atom is 0.0828 e. The SMILES string of the molecule is CNC(C)C1(OC)CCCCCC1. The molecule has 1 N–H and O–H groups in total. The minimum atomic E-state index is 0.102. The molecule has 0 spiro atoms. The Hall–Kier alpha value is -0.0800. The molecule has 0 amide bonds. The summed E-state index contributed by atoms with van der Waals surface area (Å²) in [6.07, 6.45) is 7.82. The van der Waals surface area contributed by atoms with E-state index in [0.29, 0.717) is 6.04 Å². The fourth-order valence-electron chi connectivity index (χ4n) is 2.40. The average Bonchev–Trinajstić information content (AvgIpc) is 2.42. The van der Waals surface area contributed by atoms with Crippen molar-refractivity contribution in [3.05, 3.63) is 0 Å². The molecule has 0 saturated heterocycles. The van der Waals surface area contributed by atoms with Gasteiger partial charge in [-0.1, -0.05) is 25.7 Å². The van der Waals surface area contributed by atoms with E-state index in [1.54, 1.807) is 0 Å². The summed E-state index contributed by atoms with van der Waals surface area (Å²) in [5, 5.41) is 3.33. The van der Waals surface area contributed by atoms with Crippen molar-refractivity contribution in [2.75, 3.05) is 14.2 Å². The molecule has 1 aliphatic rings. The quantitative estimate of drug-likeness (QED) is 0.681. The van der Waals surface area contributed by atoms with Crippen LogP contribution in [0.1, 0.15) is 45.4 Å². The van der Waals surface area contributed by atoms with E-state index in [-0.39, 0.29) is 5.60 Å². The molecule has 2 nitrogen and oxygen atoms in total. The van der Waals surface area contributed by atoms with Crippen molar-refractivity contribution in [2.24, 2.45) is 0 Å². The normalized spacial score (nSPS) is 25.2. The molecule has 1 unspecified atom stereocenters. The van der Waals surface area contributed by atoms with Crippen LogP contribution in [0.25, 0.3) is 0 Å². The van der Waals surface area contributed by atoms with Crippen molar-refractivity contribution in [1.82, 2.24) is 5.32 Å². The van der Waals surface area contributed by atoms with Gasteiger partial charge in [-0.2, -0.15) is 0 Å². The third-order valence-corrected chi connectivity index (χ3v) is 3.58. The van der Waals surface area contributed by atoms with Crippen LogP contribution in [0, 0.1) is 0 Å². The van der Waals surface area contributed by atoms with Gasteiger partial charge in [-0.05, 0) is 26.8 Å². The van der Waals surface area contributed by atoms with E-state index >= 15 is 0 Å². The number of rotatable bonds is 3. The number of hydrogen-bond donors (Lipinski definition) is 1. The Morgan fingerprint density at radius 1 is 1.15 bits per heavy atom. The first kappa shape index (κ1) is 11.0. The summed E-state index contributed by atoms with van der Waals surface area (Å²) in [6.45, 7) is 2.23. The zero-order valence-electron chi connectivity index (χ0n) is 9.23. The number of hydrogen-bond acceptors (Lipinski definition) is 2. The molecule has 78 valence electrons. The van der Waals surface area contributed by atoms with Crippen LogP contribution >= 0.6 is 0 Å². The second-order valence-corrected chi connectivity index (χ2v) is 4.19. The van der Waals surface area contributed by atoms with E-state index in [1.807, 2.05) is 14.2 Å². The number of likely N-dealkylation sites (N-methyl/N-ethyl adjacent to an activating group) is 1. The van der Waals surface area contributed by atoms with Gasteiger partial charge in [-0.25, -0.2) is 0 Å². The van der Waals surface area contributed by atoms with Crippen LogP contribution in [-0.4, -0.2) is 25.8 Å². The molecule has 1 atom stereocenters. The van der Waals surface area contributed by atoms with Crippen LogP contribution in [0.2, 0.25) is 0 Å². The fourth-order valence-corrected chi connectivity index (χ4v) is 2.40. The van der Waals surface area contributed by atoms with Crippen molar-refractivity contribution < 1.29 is 4.74 Å². The molecule has 0 heterocycles. The van der Waals surface area contributed by atoms with Gasteiger partial charge in [-0.3, -0.25) is 0 Å². The zero-order chi connectivity index (χ0) is 9.73. The van der Waals surface area contributed by atoms with Gasteiger partial charge in [0.05, 0.1) is 5.60 Å². The van der Waals surface area contributed by atoms with Gasteiger partial charge in [0.25, 0.3) is 0 Å². The third kappa shape index (κ3) is 2.44. The predicted molar refractivity (Wildman–Crippen MR) is 56.0 cm³/mol. The van der Waals surface area contributed by atoms with Crippen molar-refractivity contribution in [2.45, 2.75) is 57.1 Å². The summed E-state index contributed by atoms with van der Waals surface area (Å²) in [5.41, 5.74) is 0.102. The first-order chi connectivity index (χ1) is 6.25. The van der Waals surface area contributed by atoms with Gasteiger partial charge in [0.15, 0.2) is 0 Å². The molecule has 1 rings (SSSR count). The van der Waals surface area contributed by atoms with Gasteiger partial charge in [0.2, 0.25) is 0 Å². The van der Waals surface area contributed by atoms with E-state index in [1.165, 1.54) is 38.5 Å². The average molecular weight is 185 g/mol. The maximum atomic E-state index is 5.75. The van der Waals surface area contributed by atoms with E-state index in [2.05, 4.69) is 12.2 Å². The molecule has 0 bridgehead atoms. The van der Waals surface area contributed by atoms with Crippen LogP contribution in [0.15, 0.2) is 0 Å². The summed E-state index contributed by atoms with van der Waals surface area (Å²) in [7, 11) is 3.88. The molecule has 0 aromatic rings. The van der Waals surface area contributed by atoms with Crippen molar-refractivity contribution in [3.63, 3.8) is 0 Å². The molecule has 2 heteroatoms. The summed E-state index contributed by atoms with van der Waals surface area (Å²) in [4.78, 5) is 0. The van der Waals surface area contributed by atoms with Crippen molar-refractivity contribution >= 4 is 0 Å². The number of ether oxygens (including phenoxy) is 1.